The lowest BCUT2D eigenvalue weighted by Crippen LogP contribution is -2.30. The molecule has 5 rings (SSSR count). The first kappa shape index (κ1) is 34.1. The van der Waals surface area contributed by atoms with Gasteiger partial charge in [0.2, 0.25) is 5.91 Å². The number of nitrogens with one attached hydrogen (secondary N) is 3. The largest absolute Gasteiger partial charge is 0.323 e. The van der Waals surface area contributed by atoms with Crippen LogP contribution >= 0.6 is 58.2 Å². The quantitative estimate of drug-likeness (QED) is 0.0990. The second kappa shape index (κ2) is 16.0. The van der Waals surface area contributed by atoms with E-state index in [4.69, 9.17) is 46.4 Å². The van der Waals surface area contributed by atoms with Crippen molar-refractivity contribution >= 4 is 93.3 Å². The van der Waals surface area contributed by atoms with Crippen molar-refractivity contribution in [1.82, 2.24) is 5.32 Å². The van der Waals surface area contributed by atoms with Gasteiger partial charge in [-0.2, -0.15) is 0 Å². The summed E-state index contributed by atoms with van der Waals surface area (Å²) in [6.45, 7) is 0. The van der Waals surface area contributed by atoms with Gasteiger partial charge in [0, 0.05) is 21.2 Å². The molecule has 0 aliphatic rings. The van der Waals surface area contributed by atoms with Crippen molar-refractivity contribution in [2.24, 2.45) is 0 Å². The third-order valence-corrected chi connectivity index (χ3v) is 9.33. The highest BCUT2D eigenvalue weighted by Gasteiger charge is 2.24. The highest BCUT2D eigenvalue weighted by atomic mass is 35.5. The molecule has 0 aliphatic heterocycles. The average molecular weight is 721 g/mol. The Balaban J connectivity index is 1.40. The molecule has 236 valence electrons. The molecule has 0 spiro atoms. The van der Waals surface area contributed by atoms with Crippen molar-refractivity contribution in [3.63, 3.8) is 0 Å². The molecule has 0 aliphatic carbocycles. The van der Waals surface area contributed by atoms with E-state index in [1.807, 2.05) is 36.4 Å². The van der Waals surface area contributed by atoms with E-state index in [1.54, 1.807) is 84.9 Å². The lowest BCUT2D eigenvalue weighted by molar-refractivity contribution is -0.116. The molecule has 0 saturated carbocycles. The van der Waals surface area contributed by atoms with E-state index in [1.165, 1.54) is 17.8 Å². The summed E-state index contributed by atoms with van der Waals surface area (Å²) in [6, 6.07) is 34.6. The molecule has 3 N–H and O–H groups in total. The number of hydrogen-bond donors (Lipinski definition) is 3. The number of thioether (sulfide) groups is 1. The topological polar surface area (TPSA) is 87.3 Å². The Hall–Kier alpha value is -4.24. The van der Waals surface area contributed by atoms with Crippen molar-refractivity contribution in [2.45, 2.75) is 10.1 Å². The monoisotopic (exact) mass is 719 g/mol. The lowest BCUT2D eigenvalue weighted by Gasteiger charge is -2.18. The van der Waals surface area contributed by atoms with Gasteiger partial charge in [0.1, 0.15) is 10.9 Å². The molecule has 0 fully saturated rings. The Morgan fingerprint density at radius 3 is 2.13 bits per heavy atom. The van der Waals surface area contributed by atoms with Gasteiger partial charge in [-0.3, -0.25) is 14.4 Å². The maximum Gasteiger partial charge on any atom is 0.272 e. The SMILES string of the molecule is O=C(Nc1cccc(SC(C(=O)Nc2cc(Cl)ccc2Cl)c2ccccc2)c1)/C(=C\c1cccc(Cl)c1Cl)NC(=O)c1ccccc1. The Morgan fingerprint density at radius 1 is 0.681 bits per heavy atom. The van der Waals surface area contributed by atoms with E-state index < -0.39 is 17.1 Å². The van der Waals surface area contributed by atoms with E-state index in [0.29, 0.717) is 42.5 Å². The van der Waals surface area contributed by atoms with Crippen LogP contribution < -0.4 is 16.0 Å². The van der Waals surface area contributed by atoms with Crippen LogP contribution in [0.3, 0.4) is 0 Å². The lowest BCUT2D eigenvalue weighted by atomic mass is 10.1. The van der Waals surface area contributed by atoms with Crippen molar-refractivity contribution in [3.05, 3.63) is 164 Å². The molecule has 11 heteroatoms. The van der Waals surface area contributed by atoms with Crippen molar-refractivity contribution < 1.29 is 14.4 Å². The second-order valence-electron chi connectivity index (χ2n) is 10.0. The van der Waals surface area contributed by atoms with Crippen LogP contribution in [-0.4, -0.2) is 17.7 Å². The van der Waals surface area contributed by atoms with Crippen LogP contribution in [0.1, 0.15) is 26.7 Å². The molecule has 47 heavy (non-hydrogen) atoms. The fourth-order valence-electron chi connectivity index (χ4n) is 4.40. The summed E-state index contributed by atoms with van der Waals surface area (Å²) in [5.41, 5.74) is 2.34. The Morgan fingerprint density at radius 2 is 1.38 bits per heavy atom. The van der Waals surface area contributed by atoms with E-state index in [0.717, 1.165) is 5.56 Å². The van der Waals surface area contributed by atoms with Crippen molar-refractivity contribution in [3.8, 4) is 0 Å². The number of carbonyl (C=O) groups excluding carboxylic acids is 3. The summed E-state index contributed by atoms with van der Waals surface area (Å²) in [6.07, 6.45) is 1.46. The first-order chi connectivity index (χ1) is 22.7. The summed E-state index contributed by atoms with van der Waals surface area (Å²) in [5.74, 6) is -1.39. The molecule has 1 atom stereocenters. The van der Waals surface area contributed by atoms with Crippen molar-refractivity contribution in [2.75, 3.05) is 10.6 Å². The zero-order valence-electron chi connectivity index (χ0n) is 24.3. The van der Waals surface area contributed by atoms with Gasteiger partial charge in [-0.15, -0.1) is 11.8 Å². The Kier molecular flexibility index (Phi) is 11.6. The Labute approximate surface area is 296 Å². The third-order valence-electron chi connectivity index (χ3n) is 6.68. The maximum atomic E-state index is 13.6. The highest BCUT2D eigenvalue weighted by molar-refractivity contribution is 8.00. The number of anilines is 2. The standard InChI is InChI=1S/C36H25Cl4N3O3S/c37-25-17-18-28(38)30(20-25)42-36(46)33(22-9-3-1-4-10-22)47-27-15-8-14-26(21-27)41-35(45)31(19-24-13-7-16-29(39)32(24)40)43-34(44)23-11-5-2-6-12-23/h1-21,33H,(H,41,45)(H,42,46)(H,43,44)/b31-19+. The molecule has 0 saturated heterocycles. The summed E-state index contributed by atoms with van der Waals surface area (Å²) in [5, 5.41) is 9.06. The minimum atomic E-state index is -0.678. The second-order valence-corrected chi connectivity index (χ2v) is 12.8. The minimum absolute atomic E-state index is 0.0546. The number of halogens is 4. The third kappa shape index (κ3) is 9.19. The number of hydrogen-bond acceptors (Lipinski definition) is 4. The number of carbonyl (C=O) groups is 3. The van der Waals surface area contributed by atoms with Crippen LogP contribution in [0.5, 0.6) is 0 Å². The molecular formula is C36H25Cl4N3O3S. The number of benzene rings is 5. The van der Waals surface area contributed by atoms with Gasteiger partial charge in [-0.05, 0) is 71.8 Å². The first-order valence-electron chi connectivity index (χ1n) is 14.1. The van der Waals surface area contributed by atoms with Crippen LogP contribution in [0.2, 0.25) is 20.1 Å². The van der Waals surface area contributed by atoms with E-state index in [2.05, 4.69) is 16.0 Å². The molecule has 0 aromatic heterocycles. The van der Waals surface area contributed by atoms with Crippen LogP contribution in [0.25, 0.3) is 6.08 Å². The van der Waals surface area contributed by atoms with E-state index >= 15 is 0 Å². The summed E-state index contributed by atoms with van der Waals surface area (Å²) in [4.78, 5) is 41.0. The van der Waals surface area contributed by atoms with Crippen LogP contribution in [0.4, 0.5) is 11.4 Å². The maximum absolute atomic E-state index is 13.6. The molecule has 5 aromatic carbocycles. The molecule has 5 aromatic rings. The number of amides is 3. The molecule has 1 unspecified atom stereocenters. The predicted molar refractivity (Wildman–Crippen MR) is 194 cm³/mol. The van der Waals surface area contributed by atoms with Gasteiger partial charge in [0.05, 0.1) is 20.8 Å². The van der Waals surface area contributed by atoms with Crippen LogP contribution in [-0.2, 0) is 9.59 Å². The fraction of sp³-hybridized carbons (Fsp3) is 0.0278. The van der Waals surface area contributed by atoms with Gasteiger partial charge >= 0.3 is 0 Å². The normalized spacial score (nSPS) is 11.8. The zero-order chi connectivity index (χ0) is 33.3. The summed E-state index contributed by atoms with van der Waals surface area (Å²) < 4.78 is 0. The van der Waals surface area contributed by atoms with Crippen LogP contribution in [0.15, 0.2) is 132 Å². The molecule has 3 amide bonds. The van der Waals surface area contributed by atoms with Gasteiger partial charge < -0.3 is 16.0 Å². The van der Waals surface area contributed by atoms with Crippen LogP contribution in [0, 0.1) is 0 Å². The molecule has 0 bridgehead atoms. The van der Waals surface area contributed by atoms with Gasteiger partial charge in [-0.25, -0.2) is 0 Å². The highest BCUT2D eigenvalue weighted by Crippen LogP contribution is 2.38. The van der Waals surface area contributed by atoms with E-state index in [-0.39, 0.29) is 16.6 Å². The number of rotatable bonds is 10. The summed E-state index contributed by atoms with van der Waals surface area (Å²) >= 11 is 26.3. The summed E-state index contributed by atoms with van der Waals surface area (Å²) in [7, 11) is 0. The van der Waals surface area contributed by atoms with Gasteiger partial charge in [-0.1, -0.05) is 113 Å². The molecular weight excluding hydrogens is 696 g/mol. The smallest absolute Gasteiger partial charge is 0.272 e. The Bertz CT molecular complexity index is 1960. The van der Waals surface area contributed by atoms with Gasteiger partial charge in [0.25, 0.3) is 11.8 Å². The average Bonchev–Trinajstić information content (AvgIpc) is 3.08. The van der Waals surface area contributed by atoms with Gasteiger partial charge in [0.15, 0.2) is 0 Å². The molecule has 0 heterocycles. The van der Waals surface area contributed by atoms with Crippen molar-refractivity contribution in [1.29, 1.82) is 0 Å². The van der Waals surface area contributed by atoms with E-state index in [9.17, 15) is 14.4 Å². The first-order valence-corrected chi connectivity index (χ1v) is 16.5. The minimum Gasteiger partial charge on any atom is -0.323 e. The molecule has 6 nitrogen and oxygen atoms in total. The zero-order valence-corrected chi connectivity index (χ0v) is 28.2. The molecule has 0 radical (unpaired) electrons. The predicted octanol–water partition coefficient (Wildman–Crippen LogP) is 10.2. The fourth-order valence-corrected chi connectivity index (χ4v) is 6.19.